The van der Waals surface area contributed by atoms with E-state index in [9.17, 15) is 45.6 Å². The molecular formula is C61H115NO13. The molecule has 2 aliphatic heterocycles. The fraction of sp³-hybridized carbons (Fsp3) is 0.918. The summed E-state index contributed by atoms with van der Waals surface area (Å²) >= 11 is 0. The molecule has 1 amide bonds. The van der Waals surface area contributed by atoms with Crippen molar-refractivity contribution in [1.82, 2.24) is 5.32 Å². The predicted molar refractivity (Wildman–Crippen MR) is 300 cm³/mol. The number of allylic oxidation sites excluding steroid dienone is 3. The molecule has 0 aromatic heterocycles. The second-order valence-electron chi connectivity index (χ2n) is 22.2. The van der Waals surface area contributed by atoms with Gasteiger partial charge in [0.05, 0.1) is 32.0 Å². The Labute approximate surface area is 456 Å². The molecule has 2 saturated heterocycles. The number of aliphatic hydroxyl groups is 8. The van der Waals surface area contributed by atoms with Crippen molar-refractivity contribution in [3.63, 3.8) is 0 Å². The lowest BCUT2D eigenvalue weighted by Gasteiger charge is -2.46. The van der Waals surface area contributed by atoms with E-state index in [1.54, 1.807) is 6.08 Å². The van der Waals surface area contributed by atoms with E-state index >= 15 is 0 Å². The minimum absolute atomic E-state index is 0.236. The molecule has 12 atom stereocenters. The van der Waals surface area contributed by atoms with Gasteiger partial charge in [0, 0.05) is 6.42 Å². The minimum Gasteiger partial charge on any atom is -0.394 e. The molecule has 2 fully saturated rings. The standard InChI is InChI=1S/C61H115NO13/c1-3-5-7-9-11-13-15-17-19-20-21-22-23-24-25-26-27-28-29-30-31-33-35-37-39-41-43-45-53(66)62-49(50(65)44-42-40-38-36-34-32-18-16-14-12-10-8-6-4-2)48-72-60-58(71)56(69)59(52(47-64)74-60)75-61-57(70)55(68)54(67)51(46-63)73-61/h20-21,42,44,49-52,54-61,63-65,67-71H,3-19,22-41,43,45-48H2,1-2H3,(H,62,66)/b21-20-,44-42+. The molecule has 12 unspecified atom stereocenters. The smallest absolute Gasteiger partial charge is 0.220 e. The molecule has 0 aromatic carbocycles. The van der Waals surface area contributed by atoms with Crippen molar-refractivity contribution in [2.24, 2.45) is 0 Å². The molecule has 0 bridgehead atoms. The highest BCUT2D eigenvalue weighted by molar-refractivity contribution is 5.76. The van der Waals surface area contributed by atoms with Gasteiger partial charge in [-0.3, -0.25) is 4.79 Å². The zero-order chi connectivity index (χ0) is 54.6. The third-order valence-corrected chi connectivity index (χ3v) is 15.4. The van der Waals surface area contributed by atoms with Crippen molar-refractivity contribution in [2.45, 2.75) is 338 Å². The van der Waals surface area contributed by atoms with E-state index in [4.69, 9.17) is 18.9 Å². The third-order valence-electron chi connectivity index (χ3n) is 15.4. The summed E-state index contributed by atoms with van der Waals surface area (Å²) in [5, 5.41) is 87.1. The summed E-state index contributed by atoms with van der Waals surface area (Å²) in [6.45, 7) is 2.81. The van der Waals surface area contributed by atoms with Crippen LogP contribution in [0.3, 0.4) is 0 Å². The zero-order valence-electron chi connectivity index (χ0n) is 47.6. The van der Waals surface area contributed by atoms with E-state index in [0.29, 0.717) is 6.42 Å². The van der Waals surface area contributed by atoms with Gasteiger partial charge in [0.1, 0.15) is 48.8 Å². The second kappa shape index (κ2) is 47.3. The van der Waals surface area contributed by atoms with Gasteiger partial charge in [-0.1, -0.05) is 237 Å². The van der Waals surface area contributed by atoms with E-state index in [1.165, 1.54) is 199 Å². The molecule has 442 valence electrons. The summed E-state index contributed by atoms with van der Waals surface area (Å²) in [4.78, 5) is 13.3. The van der Waals surface area contributed by atoms with Crippen LogP contribution in [0.2, 0.25) is 0 Å². The number of carbonyl (C=O) groups is 1. The monoisotopic (exact) mass is 1070 g/mol. The number of aliphatic hydroxyl groups excluding tert-OH is 8. The van der Waals surface area contributed by atoms with Crippen molar-refractivity contribution >= 4 is 5.91 Å². The maximum absolute atomic E-state index is 13.3. The van der Waals surface area contributed by atoms with E-state index in [2.05, 4.69) is 31.3 Å². The summed E-state index contributed by atoms with van der Waals surface area (Å²) in [6.07, 6.45) is 39.4. The van der Waals surface area contributed by atoms with Crippen LogP contribution in [0.4, 0.5) is 0 Å². The molecule has 2 heterocycles. The average Bonchev–Trinajstić information content (AvgIpc) is 3.41. The van der Waals surface area contributed by atoms with Gasteiger partial charge in [0.2, 0.25) is 5.91 Å². The Morgan fingerprint density at radius 1 is 0.467 bits per heavy atom. The van der Waals surface area contributed by atoms with E-state index in [-0.39, 0.29) is 18.9 Å². The average molecular weight is 1070 g/mol. The molecule has 0 spiro atoms. The zero-order valence-corrected chi connectivity index (χ0v) is 47.6. The fourth-order valence-corrected chi connectivity index (χ4v) is 10.3. The highest BCUT2D eigenvalue weighted by atomic mass is 16.7. The lowest BCUT2D eigenvalue weighted by atomic mass is 9.97. The number of rotatable bonds is 50. The summed E-state index contributed by atoms with van der Waals surface area (Å²) < 4.78 is 22.8. The van der Waals surface area contributed by atoms with Crippen LogP contribution in [-0.4, -0.2) is 140 Å². The molecule has 2 rings (SSSR count). The van der Waals surface area contributed by atoms with Crippen LogP contribution < -0.4 is 5.32 Å². The van der Waals surface area contributed by atoms with Crippen molar-refractivity contribution in [3.8, 4) is 0 Å². The van der Waals surface area contributed by atoms with Gasteiger partial charge in [-0.2, -0.15) is 0 Å². The van der Waals surface area contributed by atoms with Crippen LogP contribution >= 0.6 is 0 Å². The molecular weight excluding hydrogens is 955 g/mol. The molecule has 14 nitrogen and oxygen atoms in total. The maximum atomic E-state index is 13.3. The van der Waals surface area contributed by atoms with Crippen LogP contribution in [-0.2, 0) is 23.7 Å². The molecule has 0 radical (unpaired) electrons. The van der Waals surface area contributed by atoms with Crippen LogP contribution in [0.5, 0.6) is 0 Å². The van der Waals surface area contributed by atoms with Gasteiger partial charge in [-0.15, -0.1) is 0 Å². The molecule has 0 aromatic rings. The Kier molecular flexibility index (Phi) is 43.9. The maximum Gasteiger partial charge on any atom is 0.220 e. The first kappa shape index (κ1) is 69.6. The molecule has 0 aliphatic carbocycles. The first-order valence-corrected chi connectivity index (χ1v) is 31.1. The molecule has 14 heteroatoms. The first-order valence-electron chi connectivity index (χ1n) is 31.1. The quantitative estimate of drug-likeness (QED) is 0.0204. The Morgan fingerprint density at radius 3 is 1.27 bits per heavy atom. The Balaban J connectivity index is 1.69. The SMILES string of the molecule is CCCCCCCCCC/C=C\CCCCCCCCCCCCCCCCCC(=O)NC(COC1OC(CO)C(OC2OC(CO)C(O)C(O)C2O)C(O)C1O)C(O)/C=C/CCCCCCCCCCCCCC. The number of carbonyl (C=O) groups excluding carboxylic acids is 1. The highest BCUT2D eigenvalue weighted by Gasteiger charge is 2.51. The highest BCUT2D eigenvalue weighted by Crippen LogP contribution is 2.30. The largest absolute Gasteiger partial charge is 0.394 e. The Morgan fingerprint density at radius 2 is 0.840 bits per heavy atom. The molecule has 2 aliphatic rings. The lowest BCUT2D eigenvalue weighted by molar-refractivity contribution is -0.359. The summed E-state index contributed by atoms with van der Waals surface area (Å²) in [5.41, 5.74) is 0. The Hall–Kier alpha value is -1.53. The number of unbranched alkanes of at least 4 members (excludes halogenated alkanes) is 35. The molecule has 0 saturated carbocycles. The van der Waals surface area contributed by atoms with E-state index < -0.39 is 86.8 Å². The number of amides is 1. The van der Waals surface area contributed by atoms with Gasteiger partial charge in [-0.05, 0) is 44.9 Å². The van der Waals surface area contributed by atoms with Crippen LogP contribution in [0.15, 0.2) is 24.3 Å². The van der Waals surface area contributed by atoms with Crippen molar-refractivity contribution in [1.29, 1.82) is 0 Å². The van der Waals surface area contributed by atoms with Crippen LogP contribution in [0, 0.1) is 0 Å². The summed E-state index contributed by atoms with van der Waals surface area (Å²) in [7, 11) is 0. The lowest BCUT2D eigenvalue weighted by Crippen LogP contribution is -2.65. The van der Waals surface area contributed by atoms with Crippen LogP contribution in [0.1, 0.15) is 264 Å². The fourth-order valence-electron chi connectivity index (χ4n) is 10.3. The number of hydrogen-bond acceptors (Lipinski definition) is 13. The van der Waals surface area contributed by atoms with Crippen molar-refractivity contribution < 1.29 is 64.6 Å². The van der Waals surface area contributed by atoms with E-state index in [1.807, 2.05) is 6.08 Å². The van der Waals surface area contributed by atoms with Crippen molar-refractivity contribution in [3.05, 3.63) is 24.3 Å². The van der Waals surface area contributed by atoms with E-state index in [0.717, 1.165) is 38.5 Å². The topological polar surface area (TPSA) is 228 Å². The van der Waals surface area contributed by atoms with Crippen LogP contribution in [0.25, 0.3) is 0 Å². The predicted octanol–water partition coefficient (Wildman–Crippen LogP) is 10.8. The summed E-state index contributed by atoms with van der Waals surface area (Å²) in [6, 6.07) is -0.911. The number of nitrogens with one attached hydrogen (secondary N) is 1. The van der Waals surface area contributed by atoms with Gasteiger partial charge in [-0.25, -0.2) is 0 Å². The minimum atomic E-state index is -1.79. The molecule has 75 heavy (non-hydrogen) atoms. The second-order valence-corrected chi connectivity index (χ2v) is 22.2. The van der Waals surface area contributed by atoms with Crippen molar-refractivity contribution in [2.75, 3.05) is 19.8 Å². The molecule has 9 N–H and O–H groups in total. The first-order chi connectivity index (χ1) is 36.6. The number of hydrogen-bond donors (Lipinski definition) is 9. The number of ether oxygens (including phenoxy) is 4. The van der Waals surface area contributed by atoms with Gasteiger partial charge in [0.25, 0.3) is 0 Å². The normalized spacial score (nSPS) is 25.1. The van der Waals surface area contributed by atoms with Gasteiger partial charge < -0.3 is 65.1 Å². The van der Waals surface area contributed by atoms with Gasteiger partial charge in [0.15, 0.2) is 12.6 Å². The summed E-state index contributed by atoms with van der Waals surface area (Å²) in [5.74, 6) is -0.236. The van der Waals surface area contributed by atoms with Gasteiger partial charge >= 0.3 is 0 Å². The Bertz CT molecular complexity index is 1350. The third kappa shape index (κ3) is 33.0.